The van der Waals surface area contributed by atoms with Gasteiger partial charge in [0.2, 0.25) is 0 Å². The largest absolute Gasteiger partial charge is 0.469 e. The van der Waals surface area contributed by atoms with Gasteiger partial charge in [-0.2, -0.15) is 5.10 Å². The molecule has 0 radical (unpaired) electrons. The molecule has 0 bridgehead atoms. The number of carbonyl (C=O) groups is 3. The zero-order valence-corrected chi connectivity index (χ0v) is 10.5. The molecule has 0 heterocycles. The number of esters is 2. The first kappa shape index (κ1) is 15.9. The summed E-state index contributed by atoms with van der Waals surface area (Å²) in [5.74, 6) is -1.24. The molecule has 0 aromatic carbocycles. The number of hydrogen-bond donors (Lipinski definition) is 1. The average Bonchev–Trinajstić information content (AvgIpc) is 2.37. The highest BCUT2D eigenvalue weighted by Crippen LogP contribution is 1.97. The van der Waals surface area contributed by atoms with E-state index >= 15 is 0 Å². The molecule has 0 spiro atoms. The van der Waals surface area contributed by atoms with E-state index in [1.54, 1.807) is 6.92 Å². The highest BCUT2D eigenvalue weighted by molar-refractivity contribution is 6.36. The Bertz CT molecular complexity index is 339. The third kappa shape index (κ3) is 6.46. The van der Waals surface area contributed by atoms with Crippen molar-refractivity contribution in [1.29, 1.82) is 0 Å². The van der Waals surface area contributed by atoms with E-state index in [0.717, 1.165) is 0 Å². The van der Waals surface area contributed by atoms with Crippen LogP contribution in [-0.4, -0.2) is 44.6 Å². The predicted octanol–water partition coefficient (Wildman–Crippen LogP) is 0.215. The summed E-state index contributed by atoms with van der Waals surface area (Å²) in [7, 11) is 2.40. The van der Waals surface area contributed by atoms with E-state index < -0.39 is 18.0 Å². The Kier molecular flexibility index (Phi) is 7.91. The van der Waals surface area contributed by atoms with Gasteiger partial charge in [-0.05, 0) is 6.92 Å². The minimum atomic E-state index is -0.794. The Morgan fingerprint density at radius 1 is 1.11 bits per heavy atom. The standard InChI is InChI=1S/C10H16N2O6/c1-4-18-10(15)12-11-7(9(14)17-3)5-6-8(13)16-2/h4-6H2,1-3H3,(H,12,15)/b11-7-. The lowest BCUT2D eigenvalue weighted by molar-refractivity contribution is -0.140. The molecular formula is C10H16N2O6. The molecule has 0 fully saturated rings. The van der Waals surface area contributed by atoms with Crippen molar-refractivity contribution < 1.29 is 28.6 Å². The predicted molar refractivity (Wildman–Crippen MR) is 60.9 cm³/mol. The van der Waals surface area contributed by atoms with Crippen LogP contribution in [0.5, 0.6) is 0 Å². The average molecular weight is 260 g/mol. The third-order valence-electron chi connectivity index (χ3n) is 1.77. The molecule has 0 unspecified atom stereocenters. The second-order valence-electron chi connectivity index (χ2n) is 2.96. The lowest BCUT2D eigenvalue weighted by Crippen LogP contribution is -2.25. The normalized spacial score (nSPS) is 10.5. The number of hydrogen-bond acceptors (Lipinski definition) is 7. The van der Waals surface area contributed by atoms with Crippen LogP contribution in [-0.2, 0) is 23.8 Å². The molecule has 1 N–H and O–H groups in total. The molecule has 0 aromatic heterocycles. The van der Waals surface area contributed by atoms with Crippen molar-refractivity contribution in [2.45, 2.75) is 19.8 Å². The van der Waals surface area contributed by atoms with Gasteiger partial charge in [0.15, 0.2) is 0 Å². The number of nitrogens with one attached hydrogen (secondary N) is 1. The maximum absolute atomic E-state index is 11.3. The van der Waals surface area contributed by atoms with Gasteiger partial charge in [0, 0.05) is 6.42 Å². The van der Waals surface area contributed by atoms with E-state index in [1.807, 2.05) is 5.43 Å². The minimum Gasteiger partial charge on any atom is -0.469 e. The highest BCUT2D eigenvalue weighted by Gasteiger charge is 2.15. The first-order chi connectivity index (χ1) is 8.54. The van der Waals surface area contributed by atoms with Gasteiger partial charge in [-0.15, -0.1) is 0 Å². The second-order valence-corrected chi connectivity index (χ2v) is 2.96. The number of amides is 1. The Morgan fingerprint density at radius 2 is 1.78 bits per heavy atom. The van der Waals surface area contributed by atoms with Crippen LogP contribution in [0.3, 0.4) is 0 Å². The maximum atomic E-state index is 11.3. The Labute approximate surface area is 104 Å². The van der Waals surface area contributed by atoms with Gasteiger partial charge < -0.3 is 14.2 Å². The topological polar surface area (TPSA) is 103 Å². The molecule has 0 aliphatic heterocycles. The van der Waals surface area contributed by atoms with Crippen LogP contribution >= 0.6 is 0 Å². The number of carbonyl (C=O) groups excluding carboxylic acids is 3. The van der Waals surface area contributed by atoms with Crippen molar-refractivity contribution in [2.24, 2.45) is 5.10 Å². The fourth-order valence-electron chi connectivity index (χ4n) is 0.920. The lowest BCUT2D eigenvalue weighted by Gasteiger charge is -2.04. The molecule has 8 heteroatoms. The van der Waals surface area contributed by atoms with Crippen molar-refractivity contribution in [3.05, 3.63) is 0 Å². The quantitative estimate of drug-likeness (QED) is 0.317. The summed E-state index contributed by atoms with van der Waals surface area (Å²) in [6, 6.07) is 0. The van der Waals surface area contributed by atoms with Crippen molar-refractivity contribution >= 4 is 23.7 Å². The van der Waals surface area contributed by atoms with Gasteiger partial charge in [-0.25, -0.2) is 15.0 Å². The van der Waals surface area contributed by atoms with E-state index in [9.17, 15) is 14.4 Å². The zero-order valence-electron chi connectivity index (χ0n) is 10.5. The summed E-state index contributed by atoms with van der Waals surface area (Å²) in [5, 5.41) is 3.53. The first-order valence-electron chi connectivity index (χ1n) is 5.19. The van der Waals surface area contributed by atoms with Gasteiger partial charge in [-0.1, -0.05) is 0 Å². The van der Waals surface area contributed by atoms with Gasteiger partial charge >= 0.3 is 18.0 Å². The summed E-state index contributed by atoms with van der Waals surface area (Å²) >= 11 is 0. The third-order valence-corrected chi connectivity index (χ3v) is 1.77. The second kappa shape index (κ2) is 8.97. The first-order valence-corrected chi connectivity index (χ1v) is 5.19. The Morgan fingerprint density at radius 3 is 2.28 bits per heavy atom. The molecule has 0 aliphatic carbocycles. The van der Waals surface area contributed by atoms with E-state index in [2.05, 4.69) is 19.3 Å². The molecule has 0 atom stereocenters. The van der Waals surface area contributed by atoms with Crippen LogP contribution in [0.15, 0.2) is 5.10 Å². The Hall–Kier alpha value is -2.12. The molecule has 0 rings (SSSR count). The smallest absolute Gasteiger partial charge is 0.427 e. The monoisotopic (exact) mass is 260 g/mol. The van der Waals surface area contributed by atoms with Gasteiger partial charge in [-0.3, -0.25) is 4.79 Å². The molecule has 1 amide bonds. The van der Waals surface area contributed by atoms with Crippen LogP contribution in [0.1, 0.15) is 19.8 Å². The fourth-order valence-corrected chi connectivity index (χ4v) is 0.920. The van der Waals surface area contributed by atoms with E-state index in [0.29, 0.717) is 0 Å². The van der Waals surface area contributed by atoms with Crippen molar-refractivity contribution in [3.63, 3.8) is 0 Å². The highest BCUT2D eigenvalue weighted by atomic mass is 16.6. The molecule has 18 heavy (non-hydrogen) atoms. The number of methoxy groups -OCH3 is 2. The van der Waals surface area contributed by atoms with Crippen LogP contribution in [0, 0.1) is 0 Å². The zero-order chi connectivity index (χ0) is 14.0. The number of rotatable bonds is 6. The number of ether oxygens (including phenoxy) is 3. The summed E-state index contributed by atoms with van der Waals surface area (Å²) in [6.07, 6.45) is -0.849. The Balaban J connectivity index is 4.47. The molecule has 0 saturated heterocycles. The van der Waals surface area contributed by atoms with Gasteiger partial charge in [0.25, 0.3) is 0 Å². The van der Waals surface area contributed by atoms with Crippen molar-refractivity contribution in [3.8, 4) is 0 Å². The van der Waals surface area contributed by atoms with Crippen molar-refractivity contribution in [1.82, 2.24) is 5.43 Å². The van der Waals surface area contributed by atoms with E-state index in [4.69, 9.17) is 0 Å². The van der Waals surface area contributed by atoms with E-state index in [-0.39, 0.29) is 25.2 Å². The van der Waals surface area contributed by atoms with Crippen molar-refractivity contribution in [2.75, 3.05) is 20.8 Å². The summed E-state index contributed by atoms with van der Waals surface area (Å²) in [4.78, 5) is 33.2. The number of hydrazone groups is 1. The van der Waals surface area contributed by atoms with Gasteiger partial charge in [0.05, 0.1) is 27.2 Å². The SMILES string of the molecule is CCOC(=O)N/N=C(/CCC(=O)OC)C(=O)OC. The summed E-state index contributed by atoms with van der Waals surface area (Å²) in [5.41, 5.74) is 1.91. The lowest BCUT2D eigenvalue weighted by atomic mass is 10.2. The van der Waals surface area contributed by atoms with Crippen LogP contribution < -0.4 is 5.43 Å². The summed E-state index contributed by atoms with van der Waals surface area (Å²) in [6.45, 7) is 1.80. The molecule has 102 valence electrons. The number of nitrogens with zero attached hydrogens (tertiary/aromatic N) is 1. The van der Waals surface area contributed by atoms with Crippen LogP contribution in [0.25, 0.3) is 0 Å². The molecule has 8 nitrogen and oxygen atoms in total. The molecular weight excluding hydrogens is 244 g/mol. The van der Waals surface area contributed by atoms with Crippen LogP contribution in [0.2, 0.25) is 0 Å². The van der Waals surface area contributed by atoms with E-state index in [1.165, 1.54) is 14.2 Å². The van der Waals surface area contributed by atoms with Gasteiger partial charge in [0.1, 0.15) is 5.71 Å². The fraction of sp³-hybridized carbons (Fsp3) is 0.600. The maximum Gasteiger partial charge on any atom is 0.427 e. The minimum absolute atomic E-state index is 0.00818. The summed E-state index contributed by atoms with van der Waals surface area (Å²) < 4.78 is 13.4. The van der Waals surface area contributed by atoms with Crippen LogP contribution in [0.4, 0.5) is 4.79 Å². The molecule has 0 aliphatic rings. The molecule has 0 saturated carbocycles. The molecule has 0 aromatic rings.